The number of nitrogens with one attached hydrogen (secondary N) is 1. The minimum atomic E-state index is 0.556. The van der Waals surface area contributed by atoms with Gasteiger partial charge in [0.1, 0.15) is 0 Å². The Labute approximate surface area is 119 Å². The fourth-order valence-corrected chi connectivity index (χ4v) is 3.20. The molecule has 1 saturated carbocycles. The quantitative estimate of drug-likeness (QED) is 0.880. The number of anilines is 2. The van der Waals surface area contributed by atoms with Crippen molar-refractivity contribution in [2.24, 2.45) is 5.92 Å². The lowest BCUT2D eigenvalue weighted by Gasteiger charge is -2.25. The van der Waals surface area contributed by atoms with E-state index in [9.17, 15) is 0 Å². The lowest BCUT2D eigenvalue weighted by Crippen LogP contribution is -2.25. The largest absolute Gasteiger partial charge is 0.381 e. The molecule has 3 heteroatoms. The lowest BCUT2D eigenvalue weighted by molar-refractivity contribution is 0.482. The summed E-state index contributed by atoms with van der Waals surface area (Å²) in [6, 6.07) is 7.00. The highest BCUT2D eigenvalue weighted by atomic mass is 79.9. The highest BCUT2D eigenvalue weighted by Crippen LogP contribution is 2.33. The zero-order valence-electron chi connectivity index (χ0n) is 11.5. The van der Waals surface area contributed by atoms with Crippen LogP contribution in [0.15, 0.2) is 22.7 Å². The first-order valence-corrected chi connectivity index (χ1v) is 7.60. The Morgan fingerprint density at radius 1 is 1.28 bits per heavy atom. The maximum absolute atomic E-state index is 3.70. The predicted octanol–water partition coefficient (Wildman–Crippen LogP) is 4.51. The second-order valence-electron chi connectivity index (χ2n) is 5.53. The van der Waals surface area contributed by atoms with Gasteiger partial charge in [0.2, 0.25) is 0 Å². The number of nitrogens with zero attached hydrogens (tertiary/aromatic N) is 1. The van der Waals surface area contributed by atoms with Gasteiger partial charge in [-0.1, -0.05) is 28.8 Å². The van der Waals surface area contributed by atoms with Crippen LogP contribution >= 0.6 is 15.9 Å². The average Bonchev–Trinajstić information content (AvgIpc) is 2.81. The molecule has 0 saturated heterocycles. The zero-order chi connectivity index (χ0) is 13.1. The van der Waals surface area contributed by atoms with E-state index in [0.29, 0.717) is 6.04 Å². The van der Waals surface area contributed by atoms with Gasteiger partial charge in [-0.15, -0.1) is 0 Å². The van der Waals surface area contributed by atoms with Crippen LogP contribution in [-0.2, 0) is 0 Å². The van der Waals surface area contributed by atoms with Crippen LogP contribution in [0, 0.1) is 5.92 Å². The standard InChI is InChI=1S/C15H23BrN2/c1-11(12-6-4-5-7-12)17-14-10-13(16)8-9-15(14)18(2)3/h8-12,17H,4-7H2,1-3H3. The van der Waals surface area contributed by atoms with E-state index in [-0.39, 0.29) is 0 Å². The number of rotatable bonds is 4. The summed E-state index contributed by atoms with van der Waals surface area (Å²) < 4.78 is 1.13. The molecule has 1 unspecified atom stereocenters. The predicted molar refractivity (Wildman–Crippen MR) is 83.5 cm³/mol. The molecule has 1 atom stereocenters. The van der Waals surface area contributed by atoms with Gasteiger partial charge >= 0.3 is 0 Å². The van der Waals surface area contributed by atoms with E-state index in [1.807, 2.05) is 0 Å². The highest BCUT2D eigenvalue weighted by molar-refractivity contribution is 9.10. The van der Waals surface area contributed by atoms with E-state index in [4.69, 9.17) is 0 Å². The monoisotopic (exact) mass is 310 g/mol. The molecule has 1 N–H and O–H groups in total. The van der Waals surface area contributed by atoms with E-state index in [1.165, 1.54) is 37.1 Å². The van der Waals surface area contributed by atoms with Gasteiger partial charge in [-0.2, -0.15) is 0 Å². The van der Waals surface area contributed by atoms with Crippen molar-refractivity contribution in [1.82, 2.24) is 0 Å². The number of benzene rings is 1. The SMILES string of the molecule is CC(Nc1cc(Br)ccc1N(C)C)C1CCCC1. The van der Waals surface area contributed by atoms with Gasteiger partial charge in [0.25, 0.3) is 0 Å². The van der Waals surface area contributed by atoms with E-state index < -0.39 is 0 Å². The molecule has 100 valence electrons. The third-order valence-electron chi connectivity index (χ3n) is 3.93. The molecule has 2 nitrogen and oxygen atoms in total. The first kappa shape index (κ1) is 13.7. The molecule has 1 aliphatic carbocycles. The van der Waals surface area contributed by atoms with Crippen LogP contribution in [0.2, 0.25) is 0 Å². The fourth-order valence-electron chi connectivity index (χ4n) is 2.83. The van der Waals surface area contributed by atoms with Crippen LogP contribution in [0.25, 0.3) is 0 Å². The van der Waals surface area contributed by atoms with Crippen molar-refractivity contribution in [3.05, 3.63) is 22.7 Å². The molecule has 0 spiro atoms. The van der Waals surface area contributed by atoms with Gasteiger partial charge in [-0.25, -0.2) is 0 Å². The van der Waals surface area contributed by atoms with E-state index in [2.05, 4.69) is 65.4 Å². The fraction of sp³-hybridized carbons (Fsp3) is 0.600. The molecule has 0 bridgehead atoms. The molecule has 0 aromatic heterocycles. The van der Waals surface area contributed by atoms with Crippen molar-refractivity contribution >= 4 is 27.3 Å². The molecule has 2 rings (SSSR count). The third-order valence-corrected chi connectivity index (χ3v) is 4.42. The Hall–Kier alpha value is -0.700. The van der Waals surface area contributed by atoms with Crippen molar-refractivity contribution in [3.8, 4) is 0 Å². The Kier molecular flexibility index (Phi) is 4.55. The van der Waals surface area contributed by atoms with Gasteiger partial charge in [0, 0.05) is 24.6 Å². The van der Waals surface area contributed by atoms with Crippen molar-refractivity contribution in [2.45, 2.75) is 38.6 Å². The van der Waals surface area contributed by atoms with Crippen LogP contribution in [0.1, 0.15) is 32.6 Å². The summed E-state index contributed by atoms with van der Waals surface area (Å²) in [5.74, 6) is 0.832. The summed E-state index contributed by atoms with van der Waals surface area (Å²) in [6.07, 6.45) is 5.55. The summed E-state index contributed by atoms with van der Waals surface area (Å²) in [4.78, 5) is 2.16. The summed E-state index contributed by atoms with van der Waals surface area (Å²) in [6.45, 7) is 2.32. The Morgan fingerprint density at radius 2 is 1.94 bits per heavy atom. The van der Waals surface area contributed by atoms with Crippen molar-refractivity contribution in [1.29, 1.82) is 0 Å². The molecule has 0 radical (unpaired) electrons. The van der Waals surface area contributed by atoms with Gasteiger partial charge in [0.15, 0.2) is 0 Å². The molecule has 1 aromatic rings. The van der Waals surface area contributed by atoms with E-state index in [1.54, 1.807) is 0 Å². The normalized spacial score (nSPS) is 17.8. The Bertz CT molecular complexity index is 397. The Morgan fingerprint density at radius 3 is 2.56 bits per heavy atom. The van der Waals surface area contributed by atoms with E-state index in [0.717, 1.165) is 10.4 Å². The van der Waals surface area contributed by atoms with Crippen LogP contribution in [0.4, 0.5) is 11.4 Å². The molecule has 0 heterocycles. The van der Waals surface area contributed by atoms with Crippen molar-refractivity contribution < 1.29 is 0 Å². The smallest absolute Gasteiger partial charge is 0.0597 e. The third kappa shape index (κ3) is 3.19. The second kappa shape index (κ2) is 5.96. The van der Waals surface area contributed by atoms with E-state index >= 15 is 0 Å². The molecular weight excluding hydrogens is 288 g/mol. The van der Waals surface area contributed by atoms with Gasteiger partial charge in [-0.3, -0.25) is 0 Å². The topological polar surface area (TPSA) is 15.3 Å². The molecular formula is C15H23BrN2. The highest BCUT2D eigenvalue weighted by Gasteiger charge is 2.22. The van der Waals surface area contributed by atoms with Crippen LogP contribution in [0.5, 0.6) is 0 Å². The van der Waals surface area contributed by atoms with Crippen LogP contribution < -0.4 is 10.2 Å². The summed E-state index contributed by atoms with van der Waals surface area (Å²) >= 11 is 3.56. The average molecular weight is 311 g/mol. The first-order valence-electron chi connectivity index (χ1n) is 6.81. The van der Waals surface area contributed by atoms with Crippen LogP contribution in [-0.4, -0.2) is 20.1 Å². The number of halogens is 1. The molecule has 18 heavy (non-hydrogen) atoms. The lowest BCUT2D eigenvalue weighted by atomic mass is 9.99. The molecule has 0 amide bonds. The number of hydrogen-bond donors (Lipinski definition) is 1. The zero-order valence-corrected chi connectivity index (χ0v) is 13.1. The Balaban J connectivity index is 2.13. The summed E-state index contributed by atoms with van der Waals surface area (Å²) in [5, 5.41) is 3.70. The molecule has 1 aromatic carbocycles. The van der Waals surface area contributed by atoms with Gasteiger partial charge in [-0.05, 0) is 43.9 Å². The minimum Gasteiger partial charge on any atom is -0.381 e. The maximum atomic E-state index is 3.70. The molecule has 1 fully saturated rings. The van der Waals surface area contributed by atoms with Gasteiger partial charge < -0.3 is 10.2 Å². The number of hydrogen-bond acceptors (Lipinski definition) is 2. The minimum absolute atomic E-state index is 0.556. The maximum Gasteiger partial charge on any atom is 0.0597 e. The summed E-state index contributed by atoms with van der Waals surface area (Å²) in [5.41, 5.74) is 2.48. The molecule has 1 aliphatic rings. The summed E-state index contributed by atoms with van der Waals surface area (Å²) in [7, 11) is 4.18. The molecule has 0 aliphatic heterocycles. The van der Waals surface area contributed by atoms with Crippen molar-refractivity contribution in [2.75, 3.05) is 24.3 Å². The van der Waals surface area contributed by atoms with Crippen molar-refractivity contribution in [3.63, 3.8) is 0 Å². The second-order valence-corrected chi connectivity index (χ2v) is 6.45. The van der Waals surface area contributed by atoms with Gasteiger partial charge in [0.05, 0.1) is 11.4 Å². The van der Waals surface area contributed by atoms with Crippen LogP contribution in [0.3, 0.4) is 0 Å². The first-order chi connectivity index (χ1) is 8.58.